The van der Waals surface area contributed by atoms with Gasteiger partial charge in [-0.3, -0.25) is 4.79 Å². The molecule has 0 spiro atoms. The molecule has 1 amide bonds. The minimum atomic E-state index is -1.49. The van der Waals surface area contributed by atoms with Gasteiger partial charge in [-0.1, -0.05) is 53.6 Å². The number of ether oxygens (including phenoxy) is 1. The molecule has 1 N–H and O–H groups in total. The van der Waals surface area contributed by atoms with Crippen LogP contribution in [0.25, 0.3) is 21.6 Å². The first-order chi connectivity index (χ1) is 15.0. The van der Waals surface area contributed by atoms with Crippen LogP contribution in [0.5, 0.6) is 0 Å². The van der Waals surface area contributed by atoms with Gasteiger partial charge in [0.2, 0.25) is 0 Å². The SMILES string of the molecule is [N-]=[N+]=NC1(C(=O)O)CC2CCC(C1)N2C(=O)OCC1c2ccccc2-c2ccccc21. The van der Waals surface area contributed by atoms with E-state index in [1.807, 2.05) is 24.3 Å². The maximum Gasteiger partial charge on any atom is 0.410 e. The molecule has 2 heterocycles. The first-order valence-electron chi connectivity index (χ1n) is 10.5. The number of carbonyl (C=O) groups is 2. The Bertz CT molecular complexity index is 1050. The van der Waals surface area contributed by atoms with Crippen molar-refractivity contribution in [1.29, 1.82) is 0 Å². The second-order valence-corrected chi connectivity index (χ2v) is 8.53. The average molecular weight is 418 g/mol. The number of carboxylic acids is 1. The molecule has 2 bridgehead atoms. The minimum Gasteiger partial charge on any atom is -0.481 e. The topological polar surface area (TPSA) is 116 Å². The summed E-state index contributed by atoms with van der Waals surface area (Å²) < 4.78 is 5.78. The third-order valence-corrected chi connectivity index (χ3v) is 6.95. The highest BCUT2D eigenvalue weighted by atomic mass is 16.6. The van der Waals surface area contributed by atoms with E-state index in [1.165, 1.54) is 0 Å². The number of carboxylic acid groups (broad SMARTS) is 1. The molecule has 3 aliphatic rings. The van der Waals surface area contributed by atoms with Gasteiger partial charge in [0, 0.05) is 22.9 Å². The van der Waals surface area contributed by atoms with Crippen molar-refractivity contribution in [3.05, 3.63) is 70.1 Å². The summed E-state index contributed by atoms with van der Waals surface area (Å²) in [6.45, 7) is 0.225. The first-order valence-corrected chi connectivity index (χ1v) is 10.5. The number of nitrogens with zero attached hydrogens (tertiary/aromatic N) is 4. The highest BCUT2D eigenvalue weighted by Crippen LogP contribution is 2.46. The molecule has 0 aromatic heterocycles. The summed E-state index contributed by atoms with van der Waals surface area (Å²) in [4.78, 5) is 29.3. The van der Waals surface area contributed by atoms with Gasteiger partial charge in [-0.15, -0.1) is 0 Å². The predicted molar refractivity (Wildman–Crippen MR) is 112 cm³/mol. The highest BCUT2D eigenvalue weighted by molar-refractivity contribution is 5.81. The fraction of sp³-hybridized carbons (Fsp3) is 0.391. The highest BCUT2D eigenvalue weighted by Gasteiger charge is 2.54. The number of fused-ring (bicyclic) bond motifs is 5. The number of piperidine rings is 1. The molecule has 2 aromatic carbocycles. The first kappa shape index (κ1) is 19.5. The molecule has 0 radical (unpaired) electrons. The maximum atomic E-state index is 13.0. The van der Waals surface area contributed by atoms with Gasteiger partial charge in [0.15, 0.2) is 0 Å². The quantitative estimate of drug-likeness (QED) is 0.440. The zero-order chi connectivity index (χ0) is 21.6. The Balaban J connectivity index is 1.34. The van der Waals surface area contributed by atoms with Crippen LogP contribution in [-0.2, 0) is 9.53 Å². The summed E-state index contributed by atoms with van der Waals surface area (Å²) in [6.07, 6.45) is 1.19. The van der Waals surface area contributed by atoms with Crippen LogP contribution in [-0.4, -0.2) is 46.3 Å². The van der Waals surface area contributed by atoms with Crippen molar-refractivity contribution in [3.8, 4) is 11.1 Å². The number of benzene rings is 2. The Morgan fingerprint density at radius 2 is 1.61 bits per heavy atom. The number of aliphatic carboxylic acids is 1. The van der Waals surface area contributed by atoms with Gasteiger partial charge in [-0.05, 0) is 53.5 Å². The van der Waals surface area contributed by atoms with Crippen LogP contribution in [0.3, 0.4) is 0 Å². The molecule has 8 nitrogen and oxygen atoms in total. The van der Waals surface area contributed by atoms with Crippen molar-refractivity contribution < 1.29 is 19.4 Å². The maximum absolute atomic E-state index is 13.0. The lowest BCUT2D eigenvalue weighted by Crippen LogP contribution is -2.55. The molecular weight excluding hydrogens is 396 g/mol. The second-order valence-electron chi connectivity index (χ2n) is 8.53. The van der Waals surface area contributed by atoms with E-state index in [-0.39, 0.29) is 37.5 Å². The van der Waals surface area contributed by atoms with E-state index < -0.39 is 17.6 Å². The minimum absolute atomic E-state index is 0.0277. The normalized spacial score (nSPS) is 26.0. The molecule has 2 fully saturated rings. The molecule has 2 aliphatic heterocycles. The molecule has 0 saturated carbocycles. The number of amides is 1. The zero-order valence-electron chi connectivity index (χ0n) is 16.8. The van der Waals surface area contributed by atoms with Crippen LogP contribution in [0.15, 0.2) is 53.6 Å². The van der Waals surface area contributed by atoms with Gasteiger partial charge < -0.3 is 14.7 Å². The van der Waals surface area contributed by atoms with Gasteiger partial charge in [-0.2, -0.15) is 0 Å². The van der Waals surface area contributed by atoms with Crippen molar-refractivity contribution >= 4 is 12.1 Å². The number of carbonyl (C=O) groups excluding carboxylic acids is 1. The van der Waals surface area contributed by atoms with Crippen LogP contribution in [0.1, 0.15) is 42.7 Å². The van der Waals surface area contributed by atoms with Gasteiger partial charge in [0.05, 0.1) is 0 Å². The van der Waals surface area contributed by atoms with Crippen molar-refractivity contribution in [2.45, 2.75) is 49.2 Å². The summed E-state index contributed by atoms with van der Waals surface area (Å²) >= 11 is 0. The second kappa shape index (κ2) is 7.32. The number of azide groups is 1. The fourth-order valence-electron chi connectivity index (χ4n) is 5.58. The predicted octanol–water partition coefficient (Wildman–Crippen LogP) is 4.70. The van der Waals surface area contributed by atoms with Crippen LogP contribution in [0, 0.1) is 0 Å². The lowest BCUT2D eigenvalue weighted by atomic mass is 9.84. The summed E-state index contributed by atoms with van der Waals surface area (Å²) in [5.41, 5.74) is 12.0. The Morgan fingerprint density at radius 3 is 2.13 bits per heavy atom. The van der Waals surface area contributed by atoms with Crippen molar-refractivity contribution in [1.82, 2.24) is 4.90 Å². The summed E-state index contributed by atoms with van der Waals surface area (Å²) in [7, 11) is 0. The standard InChI is InChI=1S/C23H22N4O4/c24-26-25-23(21(28)29)11-14-9-10-15(12-23)27(14)22(30)31-13-20-18-7-3-1-5-16(18)17-6-2-4-8-19(17)20/h1-8,14-15,20H,9-13H2,(H,28,29). The summed E-state index contributed by atoms with van der Waals surface area (Å²) in [5.74, 6) is -1.16. The fourth-order valence-corrected chi connectivity index (χ4v) is 5.58. The van der Waals surface area contributed by atoms with E-state index in [9.17, 15) is 14.7 Å². The molecular formula is C23H22N4O4. The monoisotopic (exact) mass is 418 g/mol. The van der Waals surface area contributed by atoms with E-state index in [0.717, 1.165) is 22.3 Å². The van der Waals surface area contributed by atoms with Gasteiger partial charge >= 0.3 is 12.1 Å². The van der Waals surface area contributed by atoms with E-state index in [2.05, 4.69) is 34.3 Å². The molecule has 158 valence electrons. The van der Waals surface area contributed by atoms with Crippen molar-refractivity contribution in [2.24, 2.45) is 5.11 Å². The van der Waals surface area contributed by atoms with Gasteiger partial charge in [-0.25, -0.2) is 4.79 Å². The Kier molecular flexibility index (Phi) is 4.59. The number of hydrogen-bond donors (Lipinski definition) is 1. The molecule has 1 aliphatic carbocycles. The summed E-state index contributed by atoms with van der Waals surface area (Å²) in [5, 5.41) is 13.3. The zero-order valence-corrected chi connectivity index (χ0v) is 16.8. The molecule has 31 heavy (non-hydrogen) atoms. The van der Waals surface area contributed by atoms with E-state index in [0.29, 0.717) is 12.8 Å². The van der Waals surface area contributed by atoms with Crippen LogP contribution in [0.2, 0.25) is 0 Å². The molecule has 2 saturated heterocycles. The smallest absolute Gasteiger partial charge is 0.410 e. The molecule has 2 unspecified atom stereocenters. The summed E-state index contributed by atoms with van der Waals surface area (Å²) in [6, 6.07) is 15.7. The molecule has 2 aromatic rings. The van der Waals surface area contributed by atoms with Crippen LogP contribution < -0.4 is 0 Å². The third-order valence-electron chi connectivity index (χ3n) is 6.95. The van der Waals surface area contributed by atoms with Crippen molar-refractivity contribution in [2.75, 3.05) is 6.61 Å². The average Bonchev–Trinajstić information content (AvgIpc) is 3.24. The van der Waals surface area contributed by atoms with Crippen LogP contribution in [0.4, 0.5) is 4.79 Å². The van der Waals surface area contributed by atoms with Gasteiger partial charge in [0.1, 0.15) is 12.1 Å². The lowest BCUT2D eigenvalue weighted by Gasteiger charge is -2.41. The van der Waals surface area contributed by atoms with Crippen molar-refractivity contribution in [3.63, 3.8) is 0 Å². The molecule has 8 heteroatoms. The van der Waals surface area contributed by atoms with E-state index in [1.54, 1.807) is 4.90 Å². The van der Waals surface area contributed by atoms with Gasteiger partial charge in [0.25, 0.3) is 0 Å². The van der Waals surface area contributed by atoms with Crippen LogP contribution >= 0.6 is 0 Å². The molecule has 2 atom stereocenters. The Labute approximate surface area is 179 Å². The number of hydrogen-bond acceptors (Lipinski definition) is 4. The molecule has 5 rings (SSSR count). The third kappa shape index (κ3) is 3.02. The Morgan fingerprint density at radius 1 is 1.06 bits per heavy atom. The van der Waals surface area contributed by atoms with E-state index in [4.69, 9.17) is 10.3 Å². The number of rotatable bonds is 4. The Hall–Kier alpha value is -3.51. The lowest BCUT2D eigenvalue weighted by molar-refractivity contribution is -0.146. The largest absolute Gasteiger partial charge is 0.481 e. The van der Waals surface area contributed by atoms with E-state index >= 15 is 0 Å².